The van der Waals surface area contributed by atoms with E-state index in [9.17, 15) is 10.2 Å². The molecule has 1 aliphatic heterocycles. The average molecular weight is 375 g/mol. The van der Waals surface area contributed by atoms with Crippen molar-refractivity contribution in [1.29, 1.82) is 0 Å². The van der Waals surface area contributed by atoms with Crippen molar-refractivity contribution in [1.82, 2.24) is 4.90 Å². The van der Waals surface area contributed by atoms with Gasteiger partial charge in [-0.2, -0.15) is 0 Å². The van der Waals surface area contributed by atoms with Crippen molar-refractivity contribution in [3.05, 3.63) is 41.0 Å². The van der Waals surface area contributed by atoms with E-state index in [0.717, 1.165) is 23.1 Å². The summed E-state index contributed by atoms with van der Waals surface area (Å²) >= 11 is 0. The topological polar surface area (TPSA) is 71.4 Å². The minimum Gasteiger partial charge on any atom is -0.504 e. The van der Waals surface area contributed by atoms with E-state index in [0.29, 0.717) is 30.2 Å². The SMILES string of the molecule is [3H]C1CN(C)C(CCc2cc(O)c(OC)c(OC)c2)c2cc(O)c(OC)cc21. The lowest BCUT2D eigenvalue weighted by atomic mass is 9.88. The van der Waals surface area contributed by atoms with Gasteiger partial charge in [0.25, 0.3) is 0 Å². The van der Waals surface area contributed by atoms with Crippen LogP contribution in [0.3, 0.4) is 0 Å². The molecule has 2 aromatic rings. The number of phenolic OH excluding ortho intramolecular Hbond substituents is 2. The van der Waals surface area contributed by atoms with Crippen LogP contribution in [0.1, 0.15) is 30.5 Å². The number of benzene rings is 2. The van der Waals surface area contributed by atoms with Crippen LogP contribution in [0.2, 0.25) is 0 Å². The van der Waals surface area contributed by atoms with Crippen molar-refractivity contribution in [3.63, 3.8) is 0 Å². The first-order chi connectivity index (χ1) is 13.4. The predicted octanol–water partition coefficient (Wildman–Crippen LogP) is 3.29. The highest BCUT2D eigenvalue weighted by Crippen LogP contribution is 2.41. The number of aryl methyl sites for hydroxylation is 1. The summed E-state index contributed by atoms with van der Waals surface area (Å²) in [6.45, 7) is 0.600. The van der Waals surface area contributed by atoms with Crippen molar-refractivity contribution in [2.24, 2.45) is 0 Å². The molecule has 2 unspecified atom stereocenters. The second kappa shape index (κ2) is 7.96. The Labute approximate surface area is 161 Å². The van der Waals surface area contributed by atoms with Crippen molar-refractivity contribution in [3.8, 4) is 28.7 Å². The molecule has 3 rings (SSSR count). The van der Waals surface area contributed by atoms with Crippen LogP contribution >= 0.6 is 0 Å². The molecule has 0 saturated carbocycles. The van der Waals surface area contributed by atoms with Gasteiger partial charge in [-0.15, -0.1) is 0 Å². The van der Waals surface area contributed by atoms with E-state index >= 15 is 0 Å². The number of ether oxygens (including phenoxy) is 3. The number of rotatable bonds is 6. The highest BCUT2D eigenvalue weighted by Gasteiger charge is 2.26. The van der Waals surface area contributed by atoms with Gasteiger partial charge in [0, 0.05) is 14.0 Å². The molecule has 2 N–H and O–H groups in total. The van der Waals surface area contributed by atoms with Gasteiger partial charge in [0.1, 0.15) is 0 Å². The van der Waals surface area contributed by atoms with E-state index in [2.05, 4.69) is 4.90 Å². The van der Waals surface area contributed by atoms with Gasteiger partial charge in [0.05, 0.1) is 21.3 Å². The van der Waals surface area contributed by atoms with Crippen LogP contribution in [0.15, 0.2) is 24.3 Å². The van der Waals surface area contributed by atoms with Gasteiger partial charge in [0.15, 0.2) is 23.0 Å². The third kappa shape index (κ3) is 3.76. The van der Waals surface area contributed by atoms with E-state index in [-0.39, 0.29) is 17.5 Å². The molecule has 146 valence electrons. The molecule has 0 bridgehead atoms. The van der Waals surface area contributed by atoms with Crippen molar-refractivity contribution in [2.45, 2.75) is 25.3 Å². The molecule has 6 nitrogen and oxygen atoms in total. The van der Waals surface area contributed by atoms with Gasteiger partial charge in [-0.25, -0.2) is 0 Å². The molecule has 0 fully saturated rings. The molecule has 27 heavy (non-hydrogen) atoms. The minimum absolute atomic E-state index is 0.0443. The van der Waals surface area contributed by atoms with E-state index in [4.69, 9.17) is 15.6 Å². The zero-order chi connectivity index (χ0) is 20.4. The molecule has 0 radical (unpaired) electrons. The first kappa shape index (κ1) is 17.8. The van der Waals surface area contributed by atoms with Gasteiger partial charge in [-0.05, 0) is 67.2 Å². The lowest BCUT2D eigenvalue weighted by molar-refractivity contribution is 0.218. The Hall–Kier alpha value is -2.60. The lowest BCUT2D eigenvalue weighted by Crippen LogP contribution is -2.32. The Balaban J connectivity index is 1.88. The summed E-state index contributed by atoms with van der Waals surface area (Å²) in [5, 5.41) is 20.4. The Morgan fingerprint density at radius 3 is 2.44 bits per heavy atom. The molecule has 6 heteroatoms. The standard InChI is InChI=1S/C21H27NO5/c1-22-8-7-14-11-19(25-2)17(23)12-15(14)16(22)6-5-13-9-18(24)21(27-4)20(10-13)26-3/h9-12,16,23-24H,5-8H2,1-4H3/i7T. The zero-order valence-corrected chi connectivity index (χ0v) is 16.2. The molecular formula is C21H27NO5. The minimum atomic E-state index is -0.393. The fourth-order valence-electron chi connectivity index (χ4n) is 3.66. The largest absolute Gasteiger partial charge is 0.504 e. The fourth-order valence-corrected chi connectivity index (χ4v) is 3.66. The van der Waals surface area contributed by atoms with E-state index < -0.39 is 6.40 Å². The Morgan fingerprint density at radius 1 is 1.04 bits per heavy atom. The number of nitrogens with zero attached hydrogens (tertiary/aromatic N) is 1. The summed E-state index contributed by atoms with van der Waals surface area (Å²) in [6.07, 6.45) is 1.06. The lowest BCUT2D eigenvalue weighted by Gasteiger charge is -2.35. The summed E-state index contributed by atoms with van der Waals surface area (Å²) in [7, 11) is 6.53. The van der Waals surface area contributed by atoms with E-state index in [1.165, 1.54) is 21.3 Å². The quantitative estimate of drug-likeness (QED) is 0.807. The Kier molecular flexibility index (Phi) is 5.25. The van der Waals surface area contributed by atoms with Crippen molar-refractivity contribution >= 4 is 0 Å². The van der Waals surface area contributed by atoms with Crippen molar-refractivity contribution < 1.29 is 25.8 Å². The fraction of sp³-hybridized carbons (Fsp3) is 0.429. The third-order valence-electron chi connectivity index (χ3n) is 5.10. The highest BCUT2D eigenvalue weighted by molar-refractivity contribution is 5.53. The molecule has 1 heterocycles. The maximum absolute atomic E-state index is 10.2. The first-order valence-electron chi connectivity index (χ1n) is 9.44. The molecule has 1 aliphatic rings. The van der Waals surface area contributed by atoms with Gasteiger partial charge in [-0.3, -0.25) is 4.90 Å². The molecule has 2 atom stereocenters. The summed E-state index contributed by atoms with van der Waals surface area (Å²) in [5.41, 5.74) is 2.75. The Morgan fingerprint density at radius 2 is 1.78 bits per heavy atom. The normalized spacial score (nSPS) is 19.9. The summed E-state index contributed by atoms with van der Waals surface area (Å²) < 4.78 is 24.1. The Bertz CT molecular complexity index is 857. The highest BCUT2D eigenvalue weighted by atomic mass is 16.5. The number of hydrogen-bond donors (Lipinski definition) is 2. The smallest absolute Gasteiger partial charge is 0.203 e. The van der Waals surface area contributed by atoms with Crippen LogP contribution in [-0.4, -0.2) is 50.0 Å². The number of phenols is 2. The van der Waals surface area contributed by atoms with Crippen LogP contribution in [0, 0.1) is 0 Å². The molecule has 0 aliphatic carbocycles. The number of methoxy groups -OCH3 is 3. The maximum atomic E-state index is 10.2. The van der Waals surface area contributed by atoms with Crippen LogP contribution in [-0.2, 0) is 12.8 Å². The van der Waals surface area contributed by atoms with Crippen molar-refractivity contribution in [2.75, 3.05) is 34.9 Å². The number of fused-ring (bicyclic) bond motifs is 1. The summed E-state index contributed by atoms with van der Waals surface area (Å²) in [5.74, 6) is 1.33. The molecular weight excluding hydrogens is 346 g/mol. The maximum Gasteiger partial charge on any atom is 0.203 e. The predicted molar refractivity (Wildman–Crippen MR) is 103 cm³/mol. The van der Waals surface area contributed by atoms with Gasteiger partial charge in [-0.1, -0.05) is 0 Å². The van der Waals surface area contributed by atoms with E-state index in [1.54, 1.807) is 18.2 Å². The molecule has 2 aromatic carbocycles. The first-order valence-corrected chi connectivity index (χ1v) is 8.86. The summed E-state index contributed by atoms with van der Waals surface area (Å²) in [6, 6.07) is 7.07. The molecule has 0 saturated heterocycles. The van der Waals surface area contributed by atoms with Gasteiger partial charge >= 0.3 is 0 Å². The number of likely N-dealkylation sites (N-methyl/N-ethyl adjacent to an activating group) is 1. The monoisotopic (exact) mass is 375 g/mol. The molecule has 0 spiro atoms. The van der Waals surface area contributed by atoms with Gasteiger partial charge < -0.3 is 24.4 Å². The molecule has 0 aromatic heterocycles. The van der Waals surface area contributed by atoms with Crippen LogP contribution in [0.4, 0.5) is 0 Å². The second-order valence-electron chi connectivity index (χ2n) is 6.70. The number of aromatic hydroxyl groups is 2. The average Bonchev–Trinajstić information content (AvgIpc) is 2.66. The van der Waals surface area contributed by atoms with Crippen LogP contribution in [0.5, 0.6) is 28.7 Å². The van der Waals surface area contributed by atoms with Crippen LogP contribution < -0.4 is 14.2 Å². The third-order valence-corrected chi connectivity index (χ3v) is 5.10. The van der Waals surface area contributed by atoms with Gasteiger partial charge in [0.2, 0.25) is 5.75 Å². The molecule has 0 amide bonds. The second-order valence-corrected chi connectivity index (χ2v) is 6.70. The number of hydrogen-bond acceptors (Lipinski definition) is 6. The zero-order valence-electron chi connectivity index (χ0n) is 17.2. The summed E-state index contributed by atoms with van der Waals surface area (Å²) in [4.78, 5) is 2.13. The van der Waals surface area contributed by atoms with E-state index in [1.807, 2.05) is 13.1 Å². The van der Waals surface area contributed by atoms with Crippen LogP contribution in [0.25, 0.3) is 0 Å².